The number of halogens is 3. The van der Waals surface area contributed by atoms with Crippen LogP contribution in [-0.2, 0) is 23.9 Å². The van der Waals surface area contributed by atoms with E-state index in [4.69, 9.17) is 9.47 Å². The summed E-state index contributed by atoms with van der Waals surface area (Å²) in [6.45, 7) is 5.47. The van der Waals surface area contributed by atoms with Crippen LogP contribution in [0, 0.1) is 10.8 Å². The number of carbonyl (C=O) groups is 3. The van der Waals surface area contributed by atoms with E-state index in [0.717, 1.165) is 12.1 Å². The van der Waals surface area contributed by atoms with E-state index in [2.05, 4.69) is 4.74 Å². The molecular formula is C21H22F3NO6. The van der Waals surface area contributed by atoms with Crippen LogP contribution in [0.25, 0.3) is 0 Å². The maximum Gasteiger partial charge on any atom is 0.573 e. The van der Waals surface area contributed by atoms with E-state index >= 15 is 0 Å². The van der Waals surface area contributed by atoms with Gasteiger partial charge in [0.25, 0.3) is 5.91 Å². The Morgan fingerprint density at radius 3 is 2.48 bits per heavy atom. The highest BCUT2D eigenvalue weighted by Gasteiger charge is 2.76. The van der Waals surface area contributed by atoms with Crippen molar-refractivity contribution in [1.82, 2.24) is 0 Å². The molecular weight excluding hydrogens is 419 g/mol. The fourth-order valence-electron chi connectivity index (χ4n) is 4.79. The molecule has 2 bridgehead atoms. The van der Waals surface area contributed by atoms with Crippen molar-refractivity contribution >= 4 is 23.5 Å². The third-order valence-corrected chi connectivity index (χ3v) is 7.18. The Morgan fingerprint density at radius 1 is 1.19 bits per heavy atom. The van der Waals surface area contributed by atoms with Crippen LogP contribution in [0.15, 0.2) is 24.3 Å². The first-order valence-electron chi connectivity index (χ1n) is 9.92. The van der Waals surface area contributed by atoms with Crippen LogP contribution in [-0.4, -0.2) is 42.5 Å². The number of nitrogens with zero attached hydrogens (tertiary/aromatic N) is 1. The molecule has 31 heavy (non-hydrogen) atoms. The number of hydrogen-bond donors (Lipinski definition) is 0. The fourth-order valence-corrected chi connectivity index (χ4v) is 4.79. The summed E-state index contributed by atoms with van der Waals surface area (Å²) in [5, 5.41) is 0. The van der Waals surface area contributed by atoms with Crippen LogP contribution < -0.4 is 9.64 Å². The van der Waals surface area contributed by atoms with E-state index < -0.39 is 52.5 Å². The summed E-state index contributed by atoms with van der Waals surface area (Å²) >= 11 is 0. The molecule has 0 aromatic heterocycles. The smallest absolute Gasteiger partial charge is 0.449 e. The minimum absolute atomic E-state index is 0.153. The lowest BCUT2D eigenvalue weighted by molar-refractivity contribution is -0.274. The molecule has 168 valence electrons. The summed E-state index contributed by atoms with van der Waals surface area (Å²) in [5.74, 6) is -2.23. The second kappa shape index (κ2) is 6.61. The molecule has 0 spiro atoms. The third kappa shape index (κ3) is 3.06. The Labute approximate surface area is 176 Å². The Hall–Kier alpha value is -2.78. The average molecular weight is 441 g/mol. The number of amides is 1. The van der Waals surface area contributed by atoms with E-state index in [1.54, 1.807) is 20.8 Å². The molecule has 1 aromatic rings. The Bertz CT molecular complexity index is 961. The van der Waals surface area contributed by atoms with Gasteiger partial charge in [0.05, 0.1) is 5.41 Å². The number of alkyl halides is 3. The van der Waals surface area contributed by atoms with Crippen LogP contribution in [0.1, 0.15) is 40.0 Å². The van der Waals surface area contributed by atoms with E-state index in [1.165, 1.54) is 17.0 Å². The average Bonchev–Trinajstić information content (AvgIpc) is 3.17. The number of benzene rings is 1. The van der Waals surface area contributed by atoms with Gasteiger partial charge in [-0.15, -0.1) is 13.2 Å². The minimum atomic E-state index is -4.85. The molecule has 2 aliphatic heterocycles. The number of fused-ring (bicyclic) bond motifs is 2. The lowest BCUT2D eigenvalue weighted by Gasteiger charge is -2.35. The molecule has 3 atom stereocenters. The first-order valence-corrected chi connectivity index (χ1v) is 9.92. The number of rotatable bonds is 4. The zero-order chi connectivity index (χ0) is 22.8. The van der Waals surface area contributed by atoms with Crippen molar-refractivity contribution in [2.75, 3.05) is 11.4 Å². The van der Waals surface area contributed by atoms with Crippen molar-refractivity contribution in [3.05, 3.63) is 24.3 Å². The van der Waals surface area contributed by atoms with Crippen LogP contribution in [0.4, 0.5) is 18.9 Å². The van der Waals surface area contributed by atoms with Crippen LogP contribution >= 0.6 is 0 Å². The molecule has 3 aliphatic rings. The van der Waals surface area contributed by atoms with Gasteiger partial charge in [0.1, 0.15) is 5.75 Å². The summed E-state index contributed by atoms with van der Waals surface area (Å²) in [7, 11) is 0. The molecule has 2 unspecified atom stereocenters. The molecule has 7 nitrogen and oxygen atoms in total. The Balaban J connectivity index is 1.49. The van der Waals surface area contributed by atoms with Gasteiger partial charge >= 0.3 is 18.3 Å². The van der Waals surface area contributed by atoms with Crippen molar-refractivity contribution in [2.45, 2.75) is 58.1 Å². The predicted molar refractivity (Wildman–Crippen MR) is 99.9 cm³/mol. The van der Waals surface area contributed by atoms with Gasteiger partial charge in [0.2, 0.25) is 5.60 Å². The van der Waals surface area contributed by atoms with Gasteiger partial charge in [-0.3, -0.25) is 9.59 Å². The molecule has 2 saturated heterocycles. The van der Waals surface area contributed by atoms with E-state index in [-0.39, 0.29) is 18.7 Å². The highest BCUT2D eigenvalue weighted by atomic mass is 19.4. The molecule has 1 aliphatic carbocycles. The molecule has 3 fully saturated rings. The number of anilines is 1. The quantitative estimate of drug-likeness (QED) is 0.667. The van der Waals surface area contributed by atoms with Crippen molar-refractivity contribution in [2.24, 2.45) is 10.8 Å². The summed E-state index contributed by atoms with van der Waals surface area (Å²) in [6, 6.07) is 5.02. The van der Waals surface area contributed by atoms with E-state index in [1.807, 2.05) is 0 Å². The number of hydrogen-bond acceptors (Lipinski definition) is 6. The number of carbonyl (C=O) groups excluding carboxylic acids is 3. The molecule has 2 heterocycles. The summed E-state index contributed by atoms with van der Waals surface area (Å²) in [5.41, 5.74) is -2.87. The van der Waals surface area contributed by atoms with Crippen LogP contribution in [0.3, 0.4) is 0 Å². The van der Waals surface area contributed by atoms with Crippen molar-refractivity contribution in [3.63, 3.8) is 0 Å². The fraction of sp³-hybridized carbons (Fsp3) is 0.571. The largest absolute Gasteiger partial charge is 0.573 e. The zero-order valence-electron chi connectivity index (χ0n) is 17.2. The van der Waals surface area contributed by atoms with Gasteiger partial charge in [-0.25, -0.2) is 4.79 Å². The van der Waals surface area contributed by atoms with Crippen LogP contribution in [0.5, 0.6) is 5.75 Å². The molecule has 0 radical (unpaired) electrons. The highest BCUT2D eigenvalue weighted by Crippen LogP contribution is 2.65. The lowest BCUT2D eigenvalue weighted by Crippen LogP contribution is -2.50. The van der Waals surface area contributed by atoms with E-state index in [0.29, 0.717) is 12.8 Å². The minimum Gasteiger partial charge on any atom is -0.449 e. The van der Waals surface area contributed by atoms with Crippen molar-refractivity contribution in [1.29, 1.82) is 0 Å². The standard InChI is InChI=1S/C21H22F3NO6/c1-18(2)19(3)8-9-20(18,31-16(19)27)17(28)29-14-7-10-25(15(14)26)12-5-4-6-13(11-12)30-21(22,23)24/h4-6,11,14H,7-10H2,1-3H3/t14-,19?,20?/m1/s1. The lowest BCUT2D eigenvalue weighted by atomic mass is 9.66. The van der Waals surface area contributed by atoms with E-state index in [9.17, 15) is 27.6 Å². The highest BCUT2D eigenvalue weighted by molar-refractivity contribution is 6.01. The molecule has 0 N–H and O–H groups in total. The molecule has 1 aromatic carbocycles. The maximum atomic E-state index is 13.1. The van der Waals surface area contributed by atoms with Gasteiger partial charge in [-0.2, -0.15) is 0 Å². The zero-order valence-corrected chi connectivity index (χ0v) is 17.2. The van der Waals surface area contributed by atoms with Crippen molar-refractivity contribution in [3.8, 4) is 5.75 Å². The van der Waals surface area contributed by atoms with Crippen molar-refractivity contribution < 1.29 is 41.8 Å². The molecule has 4 rings (SSSR count). The van der Waals surface area contributed by atoms with Crippen LogP contribution in [0.2, 0.25) is 0 Å². The molecule has 10 heteroatoms. The Morgan fingerprint density at radius 2 is 1.90 bits per heavy atom. The van der Waals surface area contributed by atoms with Gasteiger partial charge in [-0.1, -0.05) is 19.9 Å². The van der Waals surface area contributed by atoms with Gasteiger partial charge in [0.15, 0.2) is 6.10 Å². The Kier molecular flexibility index (Phi) is 4.57. The molecule has 1 saturated carbocycles. The summed E-state index contributed by atoms with van der Waals surface area (Å²) < 4.78 is 52.3. The second-order valence-corrected chi connectivity index (χ2v) is 8.89. The predicted octanol–water partition coefficient (Wildman–Crippen LogP) is 3.36. The SMILES string of the molecule is CC12CCC(C(=O)O[C@@H]3CCN(c4cccc(OC(F)(F)F)c4)C3=O)(OC1=O)C2(C)C. The maximum absolute atomic E-state index is 13.1. The number of ether oxygens (including phenoxy) is 3. The van der Waals surface area contributed by atoms with Gasteiger partial charge < -0.3 is 19.1 Å². The first kappa shape index (κ1) is 21.5. The molecule has 1 amide bonds. The van der Waals surface area contributed by atoms with Gasteiger partial charge in [-0.05, 0) is 31.9 Å². The monoisotopic (exact) mass is 441 g/mol. The second-order valence-electron chi connectivity index (χ2n) is 8.89. The topological polar surface area (TPSA) is 82.1 Å². The number of esters is 2. The summed E-state index contributed by atoms with van der Waals surface area (Å²) in [6.07, 6.45) is -5.02. The van der Waals surface area contributed by atoms with Gasteiger partial charge in [0, 0.05) is 30.1 Å². The third-order valence-electron chi connectivity index (χ3n) is 7.18. The summed E-state index contributed by atoms with van der Waals surface area (Å²) in [4.78, 5) is 39.5. The normalized spacial score (nSPS) is 31.7. The first-order chi connectivity index (χ1) is 14.3.